The first-order chi connectivity index (χ1) is 9.63. The van der Waals surface area contributed by atoms with Crippen molar-refractivity contribution in [3.63, 3.8) is 0 Å². The summed E-state index contributed by atoms with van der Waals surface area (Å²) in [6.45, 7) is 5.20. The van der Waals surface area contributed by atoms with Crippen LogP contribution in [0, 0.1) is 21.4 Å². The van der Waals surface area contributed by atoms with Gasteiger partial charge >= 0.3 is 0 Å². The summed E-state index contributed by atoms with van der Waals surface area (Å²) in [6, 6.07) is 9.28. The van der Waals surface area contributed by atoms with Crippen LogP contribution in [0.25, 0.3) is 0 Å². The predicted octanol–water partition coefficient (Wildman–Crippen LogP) is 2.02. The van der Waals surface area contributed by atoms with Crippen molar-refractivity contribution in [1.29, 1.82) is 5.26 Å². The van der Waals surface area contributed by atoms with Crippen LogP contribution < -0.4 is 4.90 Å². The maximum Gasteiger partial charge on any atom is 0.292 e. The molecule has 0 bridgehead atoms. The van der Waals surface area contributed by atoms with Crippen molar-refractivity contribution >= 4 is 11.4 Å². The molecule has 1 aliphatic rings. The number of nitro groups is 1. The molecule has 1 aliphatic heterocycles. The molecule has 2 rings (SSSR count). The minimum absolute atomic E-state index is 0.158. The van der Waals surface area contributed by atoms with E-state index in [1.165, 1.54) is 0 Å². The molecule has 0 spiro atoms. The third-order valence-electron chi connectivity index (χ3n) is 3.74. The predicted molar refractivity (Wildman–Crippen MR) is 76.6 cm³/mol. The lowest BCUT2D eigenvalue weighted by atomic mass is 10.1. The molecule has 1 atom stereocenters. The van der Waals surface area contributed by atoms with E-state index in [0.717, 1.165) is 26.2 Å². The van der Waals surface area contributed by atoms with Crippen molar-refractivity contribution < 1.29 is 4.92 Å². The van der Waals surface area contributed by atoms with Gasteiger partial charge in [-0.05, 0) is 13.0 Å². The number of nitriles is 1. The summed E-state index contributed by atoms with van der Waals surface area (Å²) in [5.41, 5.74) is 0.844. The van der Waals surface area contributed by atoms with Crippen molar-refractivity contribution in [2.45, 2.75) is 19.4 Å². The number of hydrogen-bond donors (Lipinski definition) is 0. The Bertz CT molecular complexity index is 518. The standard InChI is InChI=1S/C14H18N4O2/c1-12(6-7-15)16-8-10-17(11-9-16)13-4-2-3-5-14(13)18(19)20/h2-5,12H,6,8-11H2,1H3/t12-/m1/s1. The number of benzene rings is 1. The second kappa shape index (κ2) is 6.35. The van der Waals surface area contributed by atoms with Crippen LogP contribution in [-0.4, -0.2) is 42.0 Å². The van der Waals surface area contributed by atoms with Gasteiger partial charge in [0.2, 0.25) is 0 Å². The topological polar surface area (TPSA) is 73.4 Å². The van der Waals surface area contributed by atoms with Crippen molar-refractivity contribution in [1.82, 2.24) is 4.90 Å². The Morgan fingerprint density at radius 2 is 2.00 bits per heavy atom. The summed E-state index contributed by atoms with van der Waals surface area (Å²) in [6.07, 6.45) is 0.519. The highest BCUT2D eigenvalue weighted by atomic mass is 16.6. The number of para-hydroxylation sites is 2. The number of nitrogens with zero attached hydrogens (tertiary/aromatic N) is 4. The smallest absolute Gasteiger partial charge is 0.292 e. The van der Waals surface area contributed by atoms with E-state index in [1.807, 2.05) is 17.9 Å². The number of rotatable bonds is 4. The largest absolute Gasteiger partial charge is 0.363 e. The maximum atomic E-state index is 11.1. The molecule has 1 fully saturated rings. The molecule has 0 saturated carbocycles. The van der Waals surface area contributed by atoms with Crippen LogP contribution in [0.3, 0.4) is 0 Å². The molecule has 20 heavy (non-hydrogen) atoms. The first-order valence-electron chi connectivity index (χ1n) is 6.73. The average Bonchev–Trinajstić information content (AvgIpc) is 2.47. The van der Waals surface area contributed by atoms with E-state index in [-0.39, 0.29) is 16.7 Å². The Morgan fingerprint density at radius 1 is 1.35 bits per heavy atom. The number of nitro benzene ring substituents is 1. The van der Waals surface area contributed by atoms with Crippen molar-refractivity contribution in [3.8, 4) is 6.07 Å². The highest BCUT2D eigenvalue weighted by molar-refractivity contribution is 5.63. The summed E-state index contributed by atoms with van der Waals surface area (Å²) in [5, 5.41) is 19.8. The number of piperazine rings is 1. The zero-order chi connectivity index (χ0) is 14.5. The third-order valence-corrected chi connectivity index (χ3v) is 3.74. The zero-order valence-corrected chi connectivity index (χ0v) is 11.5. The van der Waals surface area contributed by atoms with Gasteiger partial charge in [-0.3, -0.25) is 15.0 Å². The van der Waals surface area contributed by atoms with Gasteiger partial charge in [0.15, 0.2) is 0 Å². The van der Waals surface area contributed by atoms with E-state index >= 15 is 0 Å². The van der Waals surface area contributed by atoms with Gasteiger partial charge < -0.3 is 4.90 Å². The van der Waals surface area contributed by atoms with Crippen LogP contribution in [0.15, 0.2) is 24.3 Å². The molecular formula is C14H18N4O2. The lowest BCUT2D eigenvalue weighted by molar-refractivity contribution is -0.384. The van der Waals surface area contributed by atoms with Gasteiger partial charge in [-0.1, -0.05) is 12.1 Å². The van der Waals surface area contributed by atoms with Gasteiger partial charge in [0.25, 0.3) is 5.69 Å². The quantitative estimate of drug-likeness (QED) is 0.620. The van der Waals surface area contributed by atoms with E-state index in [4.69, 9.17) is 5.26 Å². The Balaban J connectivity index is 2.05. The molecule has 0 aliphatic carbocycles. The minimum atomic E-state index is -0.333. The SMILES string of the molecule is C[C@H](CC#N)N1CCN(c2ccccc2[N+](=O)[O-])CC1. The lowest BCUT2D eigenvalue weighted by Crippen LogP contribution is -2.49. The Labute approximate surface area is 118 Å². The molecule has 1 heterocycles. The number of hydrogen-bond acceptors (Lipinski definition) is 5. The minimum Gasteiger partial charge on any atom is -0.363 e. The van der Waals surface area contributed by atoms with Crippen LogP contribution in [0.5, 0.6) is 0 Å². The van der Waals surface area contributed by atoms with Gasteiger partial charge in [0, 0.05) is 38.3 Å². The van der Waals surface area contributed by atoms with E-state index in [9.17, 15) is 10.1 Å². The average molecular weight is 274 g/mol. The summed E-state index contributed by atoms with van der Waals surface area (Å²) in [5.74, 6) is 0. The molecule has 6 heteroatoms. The maximum absolute atomic E-state index is 11.1. The van der Waals surface area contributed by atoms with Gasteiger partial charge in [0.1, 0.15) is 5.69 Å². The normalized spacial score (nSPS) is 17.5. The monoisotopic (exact) mass is 274 g/mol. The first-order valence-corrected chi connectivity index (χ1v) is 6.73. The van der Waals surface area contributed by atoms with E-state index in [1.54, 1.807) is 18.2 Å². The molecule has 1 saturated heterocycles. The summed E-state index contributed by atoms with van der Waals surface area (Å²) < 4.78 is 0. The van der Waals surface area contributed by atoms with Crippen molar-refractivity contribution in [2.75, 3.05) is 31.1 Å². The third kappa shape index (κ3) is 3.06. The molecular weight excluding hydrogens is 256 g/mol. The van der Waals surface area contributed by atoms with E-state index in [0.29, 0.717) is 12.1 Å². The fourth-order valence-electron chi connectivity index (χ4n) is 2.55. The zero-order valence-electron chi connectivity index (χ0n) is 11.5. The van der Waals surface area contributed by atoms with E-state index in [2.05, 4.69) is 11.0 Å². The molecule has 106 valence electrons. The molecule has 6 nitrogen and oxygen atoms in total. The van der Waals surface area contributed by atoms with Gasteiger partial charge in [-0.2, -0.15) is 5.26 Å². The van der Waals surface area contributed by atoms with Crippen LogP contribution in [-0.2, 0) is 0 Å². The fourth-order valence-corrected chi connectivity index (χ4v) is 2.55. The van der Waals surface area contributed by atoms with Gasteiger partial charge in [0.05, 0.1) is 17.4 Å². The Kier molecular flexibility index (Phi) is 4.53. The van der Waals surface area contributed by atoms with Gasteiger partial charge in [-0.25, -0.2) is 0 Å². The van der Waals surface area contributed by atoms with Crippen LogP contribution in [0.4, 0.5) is 11.4 Å². The lowest BCUT2D eigenvalue weighted by Gasteiger charge is -2.38. The Hall–Kier alpha value is -2.13. The molecule has 0 amide bonds. The van der Waals surface area contributed by atoms with Gasteiger partial charge in [-0.15, -0.1) is 0 Å². The highest BCUT2D eigenvalue weighted by Crippen LogP contribution is 2.28. The Morgan fingerprint density at radius 3 is 2.60 bits per heavy atom. The van der Waals surface area contributed by atoms with Crippen LogP contribution >= 0.6 is 0 Å². The van der Waals surface area contributed by atoms with Crippen molar-refractivity contribution in [2.24, 2.45) is 0 Å². The molecule has 0 unspecified atom stereocenters. The second-order valence-electron chi connectivity index (χ2n) is 4.98. The summed E-state index contributed by atoms with van der Waals surface area (Å²) in [7, 11) is 0. The number of anilines is 1. The molecule has 0 aromatic heterocycles. The first kappa shape index (κ1) is 14.3. The molecule has 1 aromatic rings. The van der Waals surface area contributed by atoms with Crippen molar-refractivity contribution in [3.05, 3.63) is 34.4 Å². The summed E-state index contributed by atoms with van der Waals surface area (Å²) >= 11 is 0. The summed E-state index contributed by atoms with van der Waals surface area (Å²) in [4.78, 5) is 15.0. The van der Waals surface area contributed by atoms with E-state index < -0.39 is 0 Å². The fraction of sp³-hybridized carbons (Fsp3) is 0.500. The molecule has 0 radical (unpaired) electrons. The molecule has 1 aromatic carbocycles. The second-order valence-corrected chi connectivity index (χ2v) is 4.98. The molecule has 0 N–H and O–H groups in total. The highest BCUT2D eigenvalue weighted by Gasteiger charge is 2.25. The van der Waals surface area contributed by atoms with Crippen LogP contribution in [0.1, 0.15) is 13.3 Å². The van der Waals surface area contributed by atoms with Crippen LogP contribution in [0.2, 0.25) is 0 Å².